The number of carbonyl (C=O) groups excluding carboxylic acids is 2. The van der Waals surface area contributed by atoms with E-state index in [9.17, 15) is 19.8 Å². The summed E-state index contributed by atoms with van der Waals surface area (Å²) in [5, 5.41) is 22.3. The second-order valence-corrected chi connectivity index (χ2v) is 12.0. The Bertz CT molecular complexity index is 756. The molecule has 0 heterocycles. The molecule has 9 atom stereocenters. The standard InChI is InChI=1S/C27H42O4/c1-16(6-5-7-17(2)25(30)31)20-8-9-21-24-22(11-13-27(20,21)4)26(3)12-10-19(28)14-18(26)15-23(24)29/h14,16-17,20-24,29H,5-13,15H2,1-4H3,(H,30,31)/p-1/t16-,17?,20-,21+,22+,23-,24+,26+,27-/m1/s1. The second-order valence-electron chi connectivity index (χ2n) is 12.0. The van der Waals surface area contributed by atoms with Crippen molar-refractivity contribution in [1.82, 2.24) is 0 Å². The zero-order valence-corrected chi connectivity index (χ0v) is 19.9. The van der Waals surface area contributed by atoms with E-state index in [0.29, 0.717) is 48.9 Å². The van der Waals surface area contributed by atoms with Crippen molar-refractivity contribution in [1.29, 1.82) is 0 Å². The molecule has 0 saturated heterocycles. The minimum Gasteiger partial charge on any atom is -0.550 e. The van der Waals surface area contributed by atoms with Gasteiger partial charge in [-0.1, -0.05) is 46.1 Å². The van der Waals surface area contributed by atoms with Crippen LogP contribution in [0.15, 0.2) is 11.6 Å². The number of hydrogen-bond acceptors (Lipinski definition) is 4. The molecule has 0 aromatic rings. The Kier molecular flexibility index (Phi) is 6.17. The molecule has 0 aromatic carbocycles. The number of aliphatic carboxylic acids is 1. The van der Waals surface area contributed by atoms with Crippen molar-refractivity contribution in [3.63, 3.8) is 0 Å². The second kappa shape index (κ2) is 8.32. The number of carboxylic acid groups (broad SMARTS) is 1. The molecule has 31 heavy (non-hydrogen) atoms. The van der Waals surface area contributed by atoms with Crippen LogP contribution in [0.1, 0.15) is 91.9 Å². The van der Waals surface area contributed by atoms with Crippen LogP contribution in [0.4, 0.5) is 0 Å². The van der Waals surface area contributed by atoms with Gasteiger partial charge in [-0.3, -0.25) is 4.79 Å². The molecular formula is C27H41O4-. The first-order chi connectivity index (χ1) is 14.6. The van der Waals surface area contributed by atoms with E-state index in [4.69, 9.17) is 0 Å². The molecule has 3 fully saturated rings. The molecule has 4 aliphatic carbocycles. The molecule has 0 bridgehead atoms. The van der Waals surface area contributed by atoms with Crippen molar-refractivity contribution in [2.75, 3.05) is 0 Å². The zero-order valence-electron chi connectivity index (χ0n) is 19.9. The number of hydrogen-bond donors (Lipinski definition) is 1. The van der Waals surface area contributed by atoms with Crippen molar-refractivity contribution < 1.29 is 19.8 Å². The van der Waals surface area contributed by atoms with Crippen LogP contribution < -0.4 is 5.11 Å². The minimum absolute atomic E-state index is 0.0871. The molecule has 4 rings (SSSR count). The van der Waals surface area contributed by atoms with E-state index in [1.54, 1.807) is 6.92 Å². The number of rotatable bonds is 6. The Balaban J connectivity index is 1.49. The Morgan fingerprint density at radius 2 is 1.90 bits per heavy atom. The molecule has 3 saturated carbocycles. The summed E-state index contributed by atoms with van der Waals surface area (Å²) in [4.78, 5) is 23.1. The van der Waals surface area contributed by atoms with Crippen molar-refractivity contribution in [3.8, 4) is 0 Å². The Morgan fingerprint density at radius 1 is 1.16 bits per heavy atom. The third-order valence-electron chi connectivity index (χ3n) is 10.4. The monoisotopic (exact) mass is 429 g/mol. The number of carboxylic acids is 1. The molecule has 4 aliphatic rings. The maximum Gasteiger partial charge on any atom is 0.155 e. The molecule has 4 heteroatoms. The zero-order chi connectivity index (χ0) is 22.6. The molecule has 0 aromatic heterocycles. The van der Waals surface area contributed by atoms with Gasteiger partial charge >= 0.3 is 0 Å². The van der Waals surface area contributed by atoms with Crippen LogP contribution in [0.3, 0.4) is 0 Å². The van der Waals surface area contributed by atoms with Gasteiger partial charge < -0.3 is 15.0 Å². The smallest absolute Gasteiger partial charge is 0.155 e. The van der Waals surface area contributed by atoms with Crippen LogP contribution in [0.5, 0.6) is 0 Å². The number of aliphatic hydroxyl groups is 1. The summed E-state index contributed by atoms with van der Waals surface area (Å²) < 4.78 is 0. The third-order valence-corrected chi connectivity index (χ3v) is 10.4. The van der Waals surface area contributed by atoms with Gasteiger partial charge in [0.05, 0.1) is 6.10 Å². The lowest BCUT2D eigenvalue weighted by molar-refractivity contribution is -0.311. The largest absolute Gasteiger partial charge is 0.550 e. The lowest BCUT2D eigenvalue weighted by atomic mass is 9.45. The highest BCUT2D eigenvalue weighted by molar-refractivity contribution is 5.91. The van der Waals surface area contributed by atoms with Gasteiger partial charge in [0.25, 0.3) is 0 Å². The van der Waals surface area contributed by atoms with Crippen LogP contribution in [0.2, 0.25) is 0 Å². The average Bonchev–Trinajstić information content (AvgIpc) is 3.06. The average molecular weight is 430 g/mol. The lowest BCUT2D eigenvalue weighted by Gasteiger charge is -2.60. The van der Waals surface area contributed by atoms with Gasteiger partial charge in [-0.15, -0.1) is 0 Å². The highest BCUT2D eigenvalue weighted by atomic mass is 16.4. The number of fused-ring (bicyclic) bond motifs is 5. The topological polar surface area (TPSA) is 77.4 Å². The highest BCUT2D eigenvalue weighted by Crippen LogP contribution is 2.67. The van der Waals surface area contributed by atoms with E-state index in [0.717, 1.165) is 25.7 Å². The van der Waals surface area contributed by atoms with Gasteiger partial charge in [0.15, 0.2) is 5.78 Å². The molecule has 0 spiro atoms. The van der Waals surface area contributed by atoms with E-state index in [-0.39, 0.29) is 28.6 Å². The maximum absolute atomic E-state index is 12.1. The molecule has 4 nitrogen and oxygen atoms in total. The van der Waals surface area contributed by atoms with Gasteiger partial charge in [0.1, 0.15) is 0 Å². The van der Waals surface area contributed by atoms with Crippen LogP contribution >= 0.6 is 0 Å². The maximum atomic E-state index is 12.1. The molecule has 174 valence electrons. The summed E-state index contributed by atoms with van der Waals surface area (Å²) in [5.41, 5.74) is 1.57. The van der Waals surface area contributed by atoms with E-state index >= 15 is 0 Å². The molecule has 0 aliphatic heterocycles. The fourth-order valence-electron chi connectivity index (χ4n) is 8.57. The molecular weight excluding hydrogens is 388 g/mol. The van der Waals surface area contributed by atoms with Gasteiger partial charge in [0, 0.05) is 12.4 Å². The first-order valence-electron chi connectivity index (χ1n) is 12.7. The van der Waals surface area contributed by atoms with Crippen LogP contribution in [0.25, 0.3) is 0 Å². The fourth-order valence-corrected chi connectivity index (χ4v) is 8.57. The van der Waals surface area contributed by atoms with E-state index < -0.39 is 5.97 Å². The van der Waals surface area contributed by atoms with E-state index in [2.05, 4.69) is 20.8 Å². The molecule has 0 radical (unpaired) electrons. The Hall–Kier alpha value is -1.16. The normalized spacial score (nSPS) is 44.0. The number of aliphatic hydroxyl groups excluding tert-OH is 1. The SMILES string of the molecule is CC(CCC[C@@H](C)[C@H]1CC[C@H]2[C@@H]3[C@H](O)CC4=CC(=O)CC[C@]4(C)[C@H]3CC[C@]12C)C(=O)[O-]. The van der Waals surface area contributed by atoms with Crippen molar-refractivity contribution in [3.05, 3.63) is 11.6 Å². The van der Waals surface area contributed by atoms with Crippen molar-refractivity contribution >= 4 is 11.8 Å². The quantitative estimate of drug-likeness (QED) is 0.683. The van der Waals surface area contributed by atoms with E-state index in [1.165, 1.54) is 24.8 Å². The summed E-state index contributed by atoms with van der Waals surface area (Å²) in [5.74, 6) is 1.58. The summed E-state index contributed by atoms with van der Waals surface area (Å²) in [6, 6.07) is 0. The van der Waals surface area contributed by atoms with Gasteiger partial charge in [-0.25, -0.2) is 0 Å². The lowest BCUT2D eigenvalue weighted by Crippen LogP contribution is -2.55. The molecule has 1 N–H and O–H groups in total. The first-order valence-corrected chi connectivity index (χ1v) is 12.7. The van der Waals surface area contributed by atoms with Crippen LogP contribution in [0, 0.1) is 46.3 Å². The van der Waals surface area contributed by atoms with Gasteiger partial charge in [0.2, 0.25) is 0 Å². The predicted molar refractivity (Wildman–Crippen MR) is 119 cm³/mol. The summed E-state index contributed by atoms with van der Waals surface area (Å²) in [7, 11) is 0. The van der Waals surface area contributed by atoms with Gasteiger partial charge in [-0.2, -0.15) is 0 Å². The van der Waals surface area contributed by atoms with Crippen LogP contribution in [-0.2, 0) is 9.59 Å². The first kappa shape index (κ1) is 23.0. The number of carbonyl (C=O) groups is 2. The predicted octanol–water partition coefficient (Wildman–Crippen LogP) is 4.30. The van der Waals surface area contributed by atoms with Crippen molar-refractivity contribution in [2.45, 2.75) is 98.0 Å². The molecule has 0 amide bonds. The van der Waals surface area contributed by atoms with Crippen molar-refractivity contribution in [2.24, 2.45) is 46.3 Å². The minimum atomic E-state index is -0.934. The van der Waals surface area contributed by atoms with E-state index in [1.807, 2.05) is 6.08 Å². The summed E-state index contributed by atoms with van der Waals surface area (Å²) in [6.45, 7) is 8.96. The summed E-state index contributed by atoms with van der Waals surface area (Å²) >= 11 is 0. The Labute approximate surface area is 187 Å². The van der Waals surface area contributed by atoms with Gasteiger partial charge in [-0.05, 0) is 97.4 Å². The fraction of sp³-hybridized carbons (Fsp3) is 0.852. The number of ketones is 1. The third kappa shape index (κ3) is 3.81. The highest BCUT2D eigenvalue weighted by Gasteiger charge is 2.61. The molecule has 1 unspecified atom stereocenters. The Morgan fingerprint density at radius 3 is 2.61 bits per heavy atom. The van der Waals surface area contributed by atoms with Crippen LogP contribution in [-0.4, -0.2) is 23.0 Å². The summed E-state index contributed by atoms with van der Waals surface area (Å²) in [6.07, 6.45) is 11.4.